The van der Waals surface area contributed by atoms with Crippen LogP contribution < -0.4 is 4.74 Å². The molecule has 23 heavy (non-hydrogen) atoms. The van der Waals surface area contributed by atoms with Crippen LogP contribution in [0.4, 0.5) is 0 Å². The van der Waals surface area contributed by atoms with Gasteiger partial charge in [-0.1, -0.05) is 48.5 Å². The van der Waals surface area contributed by atoms with Gasteiger partial charge < -0.3 is 4.74 Å². The van der Waals surface area contributed by atoms with Crippen molar-refractivity contribution in [3.63, 3.8) is 0 Å². The second-order valence-electron chi connectivity index (χ2n) is 5.29. The number of nitrogens with zero attached hydrogens (tertiary/aromatic N) is 1. The number of methoxy groups -OCH3 is 1. The minimum atomic E-state index is 0.869. The molecule has 4 rings (SSSR count). The first-order valence-corrected chi connectivity index (χ1v) is 8.25. The third-order valence-corrected chi connectivity index (χ3v) is 4.90. The Balaban J connectivity index is 1.71. The van der Waals surface area contributed by atoms with Crippen molar-refractivity contribution in [2.24, 2.45) is 0 Å². The molecule has 0 spiro atoms. The fourth-order valence-electron chi connectivity index (χ4n) is 2.63. The van der Waals surface area contributed by atoms with E-state index in [0.717, 1.165) is 21.8 Å². The second kappa shape index (κ2) is 5.86. The van der Waals surface area contributed by atoms with Gasteiger partial charge in [0.15, 0.2) is 0 Å². The summed E-state index contributed by atoms with van der Waals surface area (Å²) < 4.78 is 6.43. The summed E-state index contributed by atoms with van der Waals surface area (Å²) in [4.78, 5) is 4.72. The molecular formula is C20H15NOS. The van der Waals surface area contributed by atoms with E-state index in [9.17, 15) is 0 Å². The Kier molecular flexibility index (Phi) is 3.56. The van der Waals surface area contributed by atoms with E-state index >= 15 is 0 Å². The van der Waals surface area contributed by atoms with Crippen LogP contribution >= 0.6 is 11.3 Å². The molecule has 0 atom stereocenters. The van der Waals surface area contributed by atoms with Gasteiger partial charge in [0.05, 0.1) is 17.3 Å². The molecule has 0 fully saturated rings. The largest absolute Gasteiger partial charge is 0.497 e. The Morgan fingerprint density at radius 2 is 1.74 bits per heavy atom. The molecule has 3 heteroatoms. The smallest absolute Gasteiger partial charge is 0.118 e. The van der Waals surface area contributed by atoms with Crippen LogP contribution in [0.1, 0.15) is 10.6 Å². The van der Waals surface area contributed by atoms with Gasteiger partial charge in [0.2, 0.25) is 0 Å². The average molecular weight is 317 g/mol. The van der Waals surface area contributed by atoms with E-state index in [4.69, 9.17) is 9.72 Å². The predicted octanol–water partition coefficient (Wildman–Crippen LogP) is 5.63. The highest BCUT2D eigenvalue weighted by Crippen LogP contribution is 2.31. The summed E-state index contributed by atoms with van der Waals surface area (Å²) in [6.07, 6.45) is 4.15. The van der Waals surface area contributed by atoms with Crippen molar-refractivity contribution >= 4 is 44.5 Å². The normalized spacial score (nSPS) is 11.5. The molecule has 0 aliphatic carbocycles. The lowest BCUT2D eigenvalue weighted by Crippen LogP contribution is -1.81. The molecule has 0 saturated carbocycles. The zero-order valence-electron chi connectivity index (χ0n) is 12.7. The first kappa shape index (κ1) is 14.0. The highest BCUT2D eigenvalue weighted by atomic mass is 32.1. The number of hydrogen-bond donors (Lipinski definition) is 0. The fraction of sp³-hybridized carbons (Fsp3) is 0.0500. The van der Waals surface area contributed by atoms with Crippen molar-refractivity contribution in [1.29, 1.82) is 0 Å². The quantitative estimate of drug-likeness (QED) is 0.488. The lowest BCUT2D eigenvalue weighted by atomic mass is 10.1. The molecule has 0 N–H and O–H groups in total. The van der Waals surface area contributed by atoms with E-state index in [1.54, 1.807) is 18.4 Å². The zero-order chi connectivity index (χ0) is 15.6. The Morgan fingerprint density at radius 3 is 2.57 bits per heavy atom. The van der Waals surface area contributed by atoms with Gasteiger partial charge in [0, 0.05) is 5.39 Å². The van der Waals surface area contributed by atoms with E-state index in [-0.39, 0.29) is 0 Å². The summed E-state index contributed by atoms with van der Waals surface area (Å²) in [5.41, 5.74) is 2.19. The third-order valence-electron chi connectivity index (χ3n) is 3.83. The van der Waals surface area contributed by atoms with Crippen molar-refractivity contribution in [2.45, 2.75) is 0 Å². The summed E-state index contributed by atoms with van der Waals surface area (Å²) in [6.45, 7) is 0. The minimum absolute atomic E-state index is 0.869. The summed E-state index contributed by atoms with van der Waals surface area (Å²) in [7, 11) is 1.68. The lowest BCUT2D eigenvalue weighted by molar-refractivity contribution is 0.415. The molecule has 0 aliphatic rings. The number of thiazole rings is 1. The Bertz CT molecular complexity index is 999. The Labute approximate surface area is 138 Å². The molecular weight excluding hydrogens is 302 g/mol. The van der Waals surface area contributed by atoms with E-state index < -0.39 is 0 Å². The number of benzene rings is 3. The lowest BCUT2D eigenvalue weighted by Gasteiger charge is -1.98. The molecule has 112 valence electrons. The molecule has 2 nitrogen and oxygen atoms in total. The summed E-state index contributed by atoms with van der Waals surface area (Å²) in [6, 6.07) is 20.7. The van der Waals surface area contributed by atoms with Gasteiger partial charge >= 0.3 is 0 Å². The molecule has 4 aromatic rings. The van der Waals surface area contributed by atoms with Crippen molar-refractivity contribution in [3.8, 4) is 5.75 Å². The summed E-state index contributed by atoms with van der Waals surface area (Å²) in [5, 5.41) is 3.55. The monoisotopic (exact) mass is 317 g/mol. The summed E-state index contributed by atoms with van der Waals surface area (Å²) >= 11 is 1.73. The van der Waals surface area contributed by atoms with E-state index in [1.165, 1.54) is 15.5 Å². The molecule has 0 amide bonds. The zero-order valence-corrected chi connectivity index (χ0v) is 13.5. The standard InChI is InChI=1S/C20H15NOS/c1-22-16-10-6-14(7-11-16)8-13-19-21-18-12-9-15-4-2-3-5-17(15)20(18)23-19/h2-13H,1H3/b13-8+. The van der Waals surface area contributed by atoms with Gasteiger partial charge in [0.1, 0.15) is 10.8 Å². The van der Waals surface area contributed by atoms with Crippen LogP contribution in [-0.2, 0) is 0 Å². The van der Waals surface area contributed by atoms with Gasteiger partial charge in [0.25, 0.3) is 0 Å². The first-order valence-electron chi connectivity index (χ1n) is 7.44. The van der Waals surface area contributed by atoms with Crippen LogP contribution in [-0.4, -0.2) is 12.1 Å². The van der Waals surface area contributed by atoms with Crippen LogP contribution in [0.15, 0.2) is 60.7 Å². The van der Waals surface area contributed by atoms with Crippen LogP contribution in [0.3, 0.4) is 0 Å². The SMILES string of the molecule is COc1ccc(/C=C/c2nc3ccc4ccccc4c3s2)cc1. The predicted molar refractivity (Wildman–Crippen MR) is 99.0 cm³/mol. The maximum absolute atomic E-state index is 5.18. The number of rotatable bonds is 3. The number of ether oxygens (including phenoxy) is 1. The fourth-order valence-corrected chi connectivity index (χ4v) is 3.63. The van der Waals surface area contributed by atoms with Crippen LogP contribution in [0.25, 0.3) is 33.1 Å². The van der Waals surface area contributed by atoms with Gasteiger partial charge in [-0.3, -0.25) is 0 Å². The molecule has 0 aliphatic heterocycles. The Hall–Kier alpha value is -2.65. The van der Waals surface area contributed by atoms with Crippen molar-refractivity contribution in [3.05, 3.63) is 71.2 Å². The van der Waals surface area contributed by atoms with E-state index in [1.807, 2.05) is 24.3 Å². The minimum Gasteiger partial charge on any atom is -0.497 e. The summed E-state index contributed by atoms with van der Waals surface area (Å²) in [5.74, 6) is 0.869. The van der Waals surface area contributed by atoms with Gasteiger partial charge in [-0.25, -0.2) is 4.98 Å². The van der Waals surface area contributed by atoms with Gasteiger partial charge in [-0.2, -0.15) is 0 Å². The van der Waals surface area contributed by atoms with Crippen LogP contribution in [0.5, 0.6) is 5.75 Å². The molecule has 0 radical (unpaired) electrons. The molecule has 0 saturated heterocycles. The molecule has 3 aromatic carbocycles. The molecule has 1 heterocycles. The highest BCUT2D eigenvalue weighted by Gasteiger charge is 2.05. The third kappa shape index (κ3) is 2.71. The Morgan fingerprint density at radius 1 is 0.913 bits per heavy atom. The maximum atomic E-state index is 5.18. The van der Waals surface area contributed by atoms with Crippen LogP contribution in [0, 0.1) is 0 Å². The van der Waals surface area contributed by atoms with Gasteiger partial charge in [-0.15, -0.1) is 11.3 Å². The number of hydrogen-bond acceptors (Lipinski definition) is 3. The van der Waals surface area contributed by atoms with Crippen molar-refractivity contribution in [2.75, 3.05) is 7.11 Å². The maximum Gasteiger partial charge on any atom is 0.118 e. The van der Waals surface area contributed by atoms with Crippen LogP contribution in [0.2, 0.25) is 0 Å². The molecule has 0 bridgehead atoms. The van der Waals surface area contributed by atoms with E-state index in [2.05, 4.69) is 48.6 Å². The molecule has 1 aromatic heterocycles. The number of fused-ring (bicyclic) bond motifs is 3. The van der Waals surface area contributed by atoms with Crippen molar-refractivity contribution in [1.82, 2.24) is 4.98 Å². The van der Waals surface area contributed by atoms with Gasteiger partial charge in [-0.05, 0) is 35.2 Å². The second-order valence-corrected chi connectivity index (χ2v) is 6.32. The molecule has 0 unspecified atom stereocenters. The highest BCUT2D eigenvalue weighted by molar-refractivity contribution is 7.20. The first-order chi connectivity index (χ1) is 11.3. The topological polar surface area (TPSA) is 22.1 Å². The van der Waals surface area contributed by atoms with Crippen molar-refractivity contribution < 1.29 is 4.74 Å². The number of aromatic nitrogens is 1. The average Bonchev–Trinajstić information content (AvgIpc) is 3.04. The van der Waals surface area contributed by atoms with E-state index in [0.29, 0.717) is 0 Å².